The van der Waals surface area contributed by atoms with Crippen LogP contribution in [0.4, 0.5) is 0 Å². The van der Waals surface area contributed by atoms with Crippen LogP contribution in [-0.2, 0) is 16.0 Å². The summed E-state index contributed by atoms with van der Waals surface area (Å²) in [6, 6.07) is 4.98. The summed E-state index contributed by atoms with van der Waals surface area (Å²) >= 11 is 0. The van der Waals surface area contributed by atoms with Gasteiger partial charge in [-0.3, -0.25) is 4.79 Å². The van der Waals surface area contributed by atoms with Crippen molar-refractivity contribution in [3.63, 3.8) is 0 Å². The molecule has 6 heteroatoms. The molecule has 2 rings (SSSR count). The Bertz CT molecular complexity index is 801. The molecule has 1 amide bonds. The minimum atomic E-state index is -0.637. The quantitative estimate of drug-likeness (QED) is 0.305. The van der Waals surface area contributed by atoms with Gasteiger partial charge in [0.2, 0.25) is 5.91 Å². The number of cyclic esters (lactones) is 1. The number of carbonyl (C=O) groups excluding carboxylic acids is 2. The monoisotopic (exact) mass is 443 g/mol. The molecule has 0 aliphatic carbocycles. The number of nitrogens with one attached hydrogen (secondary N) is 1. The van der Waals surface area contributed by atoms with Gasteiger partial charge in [0.05, 0.1) is 6.10 Å². The first-order chi connectivity index (χ1) is 15.4. The number of fused-ring (bicyclic) bond motifs is 1. The van der Waals surface area contributed by atoms with Crippen molar-refractivity contribution in [3.8, 4) is 5.75 Å². The van der Waals surface area contributed by atoms with Crippen LogP contribution in [-0.4, -0.2) is 34.3 Å². The second-order valence-corrected chi connectivity index (χ2v) is 8.55. The molecule has 1 aromatic rings. The second-order valence-electron chi connectivity index (χ2n) is 8.55. The number of aliphatic hydroxyl groups is 1. The van der Waals surface area contributed by atoms with Gasteiger partial charge in [-0.15, -0.1) is 0 Å². The molecule has 0 spiro atoms. The van der Waals surface area contributed by atoms with Crippen molar-refractivity contribution < 1.29 is 24.5 Å². The summed E-state index contributed by atoms with van der Waals surface area (Å²) in [4.78, 5) is 24.8. The zero-order chi connectivity index (χ0) is 23.3. The lowest BCUT2D eigenvalue weighted by Crippen LogP contribution is -2.28. The molecule has 0 fully saturated rings. The van der Waals surface area contributed by atoms with E-state index in [1.54, 1.807) is 24.4 Å². The Hall–Kier alpha value is -2.60. The van der Waals surface area contributed by atoms with E-state index in [9.17, 15) is 19.8 Å². The van der Waals surface area contributed by atoms with Crippen molar-refractivity contribution in [2.75, 3.05) is 0 Å². The molecular weight excluding hydrogens is 406 g/mol. The molecule has 0 radical (unpaired) electrons. The summed E-state index contributed by atoms with van der Waals surface area (Å²) in [5.41, 5.74) is 0.860. The molecule has 3 atom stereocenters. The molecule has 32 heavy (non-hydrogen) atoms. The highest BCUT2D eigenvalue weighted by Gasteiger charge is 2.25. The topological polar surface area (TPSA) is 95.9 Å². The first kappa shape index (κ1) is 25.7. The van der Waals surface area contributed by atoms with Gasteiger partial charge in [-0.1, -0.05) is 63.5 Å². The van der Waals surface area contributed by atoms with Crippen molar-refractivity contribution in [2.45, 2.75) is 83.8 Å². The lowest BCUT2D eigenvalue weighted by molar-refractivity contribution is -0.120. The molecule has 0 aromatic heterocycles. The molecule has 176 valence electrons. The number of esters is 1. The molecular formula is C26H37NO5. The summed E-state index contributed by atoms with van der Waals surface area (Å²) < 4.78 is 5.70. The van der Waals surface area contributed by atoms with Gasteiger partial charge in [0, 0.05) is 19.3 Å². The van der Waals surface area contributed by atoms with Gasteiger partial charge in [-0.05, 0) is 43.0 Å². The fourth-order valence-electron chi connectivity index (χ4n) is 3.73. The predicted octanol–water partition coefficient (Wildman–Crippen LogP) is 4.80. The van der Waals surface area contributed by atoms with Gasteiger partial charge in [0.25, 0.3) is 0 Å². The number of allylic oxidation sites excluding steroid dienone is 2. The van der Waals surface area contributed by atoms with Gasteiger partial charge >= 0.3 is 5.97 Å². The molecule has 3 unspecified atom stereocenters. The zero-order valence-electron chi connectivity index (χ0n) is 19.3. The summed E-state index contributed by atoms with van der Waals surface area (Å²) in [6.07, 6.45) is 12.6. The van der Waals surface area contributed by atoms with E-state index in [0.29, 0.717) is 31.2 Å². The van der Waals surface area contributed by atoms with Crippen molar-refractivity contribution in [1.29, 1.82) is 0 Å². The van der Waals surface area contributed by atoms with Crippen LogP contribution in [0.5, 0.6) is 5.75 Å². The van der Waals surface area contributed by atoms with Crippen LogP contribution in [0.2, 0.25) is 0 Å². The first-order valence-corrected chi connectivity index (χ1v) is 11.7. The van der Waals surface area contributed by atoms with Crippen LogP contribution in [0.1, 0.15) is 81.1 Å². The molecule has 0 saturated carbocycles. The van der Waals surface area contributed by atoms with E-state index in [1.807, 2.05) is 19.1 Å². The largest absolute Gasteiger partial charge is 0.507 e. The number of benzene rings is 1. The smallest absolute Gasteiger partial charge is 0.342 e. The highest BCUT2D eigenvalue weighted by molar-refractivity contribution is 5.94. The molecule has 1 aromatic carbocycles. The number of unbranched alkanes of at least 4 members (excludes halogenated alkanes) is 3. The van der Waals surface area contributed by atoms with Crippen molar-refractivity contribution in [1.82, 2.24) is 5.32 Å². The van der Waals surface area contributed by atoms with Gasteiger partial charge in [-0.2, -0.15) is 0 Å². The molecule has 1 heterocycles. The second kappa shape index (κ2) is 13.7. The molecule has 1 aliphatic rings. The Kier molecular flexibility index (Phi) is 11.0. The van der Waals surface area contributed by atoms with Crippen molar-refractivity contribution in [2.24, 2.45) is 5.92 Å². The van der Waals surface area contributed by atoms with Crippen LogP contribution in [0.25, 0.3) is 0 Å². The maximum atomic E-state index is 12.9. The molecule has 1 aliphatic heterocycles. The number of rotatable bonds is 8. The Balaban J connectivity index is 2.05. The first-order valence-electron chi connectivity index (χ1n) is 11.7. The summed E-state index contributed by atoms with van der Waals surface area (Å²) in [7, 11) is 0. The zero-order valence-corrected chi connectivity index (χ0v) is 19.3. The van der Waals surface area contributed by atoms with E-state index in [4.69, 9.17) is 4.74 Å². The summed E-state index contributed by atoms with van der Waals surface area (Å²) in [5.74, 6) is -0.739. The minimum absolute atomic E-state index is 0.0160. The van der Waals surface area contributed by atoms with Crippen LogP contribution in [0.15, 0.2) is 42.6 Å². The van der Waals surface area contributed by atoms with Gasteiger partial charge in [-0.25, -0.2) is 4.79 Å². The van der Waals surface area contributed by atoms with Gasteiger partial charge < -0.3 is 20.3 Å². The lowest BCUT2D eigenvalue weighted by atomic mass is 9.93. The van der Waals surface area contributed by atoms with E-state index >= 15 is 0 Å². The van der Waals surface area contributed by atoms with E-state index in [2.05, 4.69) is 12.2 Å². The third-order valence-corrected chi connectivity index (χ3v) is 5.80. The van der Waals surface area contributed by atoms with E-state index < -0.39 is 18.2 Å². The van der Waals surface area contributed by atoms with Crippen LogP contribution < -0.4 is 5.32 Å². The number of aromatic hydroxyl groups is 1. The molecule has 3 N–H and O–H groups in total. The number of ether oxygens (including phenoxy) is 1. The number of aliphatic hydroxyl groups excluding tert-OH is 1. The molecule has 0 saturated heterocycles. The lowest BCUT2D eigenvalue weighted by Gasteiger charge is -2.24. The van der Waals surface area contributed by atoms with E-state index in [-0.39, 0.29) is 29.6 Å². The van der Waals surface area contributed by atoms with Crippen molar-refractivity contribution >= 4 is 11.9 Å². The van der Waals surface area contributed by atoms with Crippen LogP contribution in [0.3, 0.4) is 0 Å². The Morgan fingerprint density at radius 1 is 1.25 bits per heavy atom. The third kappa shape index (κ3) is 8.50. The minimum Gasteiger partial charge on any atom is -0.507 e. The highest BCUT2D eigenvalue weighted by atomic mass is 16.5. The summed E-state index contributed by atoms with van der Waals surface area (Å²) in [5, 5.41) is 23.6. The third-order valence-electron chi connectivity index (χ3n) is 5.80. The highest BCUT2D eigenvalue weighted by Crippen LogP contribution is 2.26. The maximum absolute atomic E-state index is 12.9. The van der Waals surface area contributed by atoms with Crippen molar-refractivity contribution in [3.05, 3.63) is 53.8 Å². The van der Waals surface area contributed by atoms with Crippen LogP contribution in [0, 0.1) is 5.92 Å². The average molecular weight is 444 g/mol. The standard InChI is InChI=1S/C26H37NO5/c1-3-4-5-6-16-24(30)27-17-10-14-21-18-23(29)19(2)11-7-8-12-20-13-9-15-22(28)25(20)26(31)32-21/h7-10,13,15,17,19,21,23,28-29H,3-6,11-12,14,16,18H2,1-2H3,(H,27,30). The Labute approximate surface area is 191 Å². The molecule has 0 bridgehead atoms. The number of phenolic OH excluding ortho intramolecular Hbond substituents is 1. The Morgan fingerprint density at radius 3 is 2.84 bits per heavy atom. The van der Waals surface area contributed by atoms with E-state index in [0.717, 1.165) is 25.7 Å². The number of carbonyl (C=O) groups is 2. The molecule has 6 nitrogen and oxygen atoms in total. The van der Waals surface area contributed by atoms with Gasteiger partial charge in [0.15, 0.2) is 0 Å². The number of hydrogen-bond donors (Lipinski definition) is 3. The average Bonchev–Trinajstić information content (AvgIpc) is 2.76. The predicted molar refractivity (Wildman–Crippen MR) is 125 cm³/mol. The fraction of sp³-hybridized carbons (Fsp3) is 0.538. The fourth-order valence-corrected chi connectivity index (χ4v) is 3.73. The number of amides is 1. The maximum Gasteiger partial charge on any atom is 0.342 e. The summed E-state index contributed by atoms with van der Waals surface area (Å²) in [6.45, 7) is 4.10. The van der Waals surface area contributed by atoms with Crippen LogP contribution >= 0.6 is 0 Å². The number of hydrogen-bond acceptors (Lipinski definition) is 5. The van der Waals surface area contributed by atoms with Gasteiger partial charge in [0.1, 0.15) is 17.4 Å². The Morgan fingerprint density at radius 2 is 2.06 bits per heavy atom. The SMILES string of the molecule is CCCCCCC(=O)NC=CCC1CC(O)C(C)CC=CCc2cccc(O)c2C(=O)O1. The van der Waals surface area contributed by atoms with E-state index in [1.165, 1.54) is 6.07 Å². The number of phenols is 1. The normalized spacial score (nSPS) is 22.0.